The number of fused-ring (bicyclic) bond motifs is 1. The second-order valence-corrected chi connectivity index (χ2v) is 11.0. The van der Waals surface area contributed by atoms with Crippen LogP contribution < -0.4 is 9.62 Å². The van der Waals surface area contributed by atoms with E-state index in [4.69, 9.17) is 16.0 Å². The van der Waals surface area contributed by atoms with E-state index in [-0.39, 0.29) is 18.4 Å². The van der Waals surface area contributed by atoms with E-state index in [1.165, 1.54) is 4.31 Å². The number of nitrogens with zero attached hydrogens (tertiary/aromatic N) is 2. The van der Waals surface area contributed by atoms with Crippen molar-refractivity contribution in [2.45, 2.75) is 25.3 Å². The molecule has 0 bridgehead atoms. The Morgan fingerprint density at radius 2 is 1.92 bits per heavy atom. The maximum Gasteiger partial charge on any atom is 0.255 e. The average Bonchev–Trinajstić information content (AvgIpc) is 3.67. The predicted molar refractivity (Wildman–Crippen MR) is 147 cm³/mol. The van der Waals surface area contributed by atoms with Crippen molar-refractivity contribution in [1.82, 2.24) is 5.32 Å². The van der Waals surface area contributed by atoms with Gasteiger partial charge in [-0.15, -0.1) is 0 Å². The van der Waals surface area contributed by atoms with Gasteiger partial charge in [-0.2, -0.15) is 5.26 Å². The molecule has 0 saturated heterocycles. The van der Waals surface area contributed by atoms with E-state index in [1.54, 1.807) is 55.6 Å². The van der Waals surface area contributed by atoms with Crippen molar-refractivity contribution in [3.05, 3.63) is 86.3 Å². The highest BCUT2D eigenvalue weighted by atomic mass is 79.9. The highest BCUT2D eigenvalue weighted by molar-refractivity contribution is 9.10. The predicted octanol–water partition coefficient (Wildman–Crippen LogP) is 6.16. The average molecular weight is 599 g/mol. The fourth-order valence-electron chi connectivity index (χ4n) is 4.41. The van der Waals surface area contributed by atoms with Crippen molar-refractivity contribution in [2.75, 3.05) is 11.4 Å². The van der Waals surface area contributed by atoms with Crippen LogP contribution in [0.2, 0.25) is 5.02 Å². The summed E-state index contributed by atoms with van der Waals surface area (Å²) in [4.78, 5) is 13.0. The molecule has 188 valence electrons. The Hall–Kier alpha value is -3.32. The minimum Gasteiger partial charge on any atom is -0.455 e. The Balaban J connectivity index is 1.69. The first-order chi connectivity index (χ1) is 17.8. The number of furan rings is 1. The van der Waals surface area contributed by atoms with Gasteiger partial charge in [-0.1, -0.05) is 17.7 Å². The van der Waals surface area contributed by atoms with Gasteiger partial charge in [0.2, 0.25) is 10.9 Å². The Morgan fingerprint density at radius 1 is 1.19 bits per heavy atom. The van der Waals surface area contributed by atoms with Crippen molar-refractivity contribution in [3.8, 4) is 17.4 Å². The molecule has 1 aliphatic carbocycles. The van der Waals surface area contributed by atoms with Crippen LogP contribution in [0.1, 0.15) is 45.8 Å². The highest BCUT2D eigenvalue weighted by Crippen LogP contribution is 2.48. The molecule has 10 heteroatoms. The molecule has 1 aromatic heterocycles. The molecule has 1 fully saturated rings. The second-order valence-electron chi connectivity index (χ2n) is 8.80. The van der Waals surface area contributed by atoms with E-state index in [9.17, 15) is 18.5 Å². The zero-order valence-corrected chi connectivity index (χ0v) is 22.9. The first-order valence-electron chi connectivity index (χ1n) is 11.5. The van der Waals surface area contributed by atoms with Crippen LogP contribution in [-0.4, -0.2) is 21.4 Å². The highest BCUT2D eigenvalue weighted by Gasteiger charge is 2.32. The van der Waals surface area contributed by atoms with Gasteiger partial charge in [-0.25, -0.2) is 8.42 Å². The molecule has 1 heterocycles. The third kappa shape index (κ3) is 4.97. The molecule has 5 rings (SSSR count). The van der Waals surface area contributed by atoms with E-state index in [2.05, 4.69) is 27.3 Å². The number of nitriles is 1. The standard InChI is InChI=1S/C27H21BrClN3O4S/c1-31-27(33)25-21-11-20(16-3-4-16)23(12-24(21)36-26(25)17-5-7-19(29)8-6-17)32(37(34)35)14-15-2-9-22(28)18(10-15)13-30/h2,5-12,16,37H,3-4,14H2,1H3,(H,31,33). The summed E-state index contributed by atoms with van der Waals surface area (Å²) in [6.07, 6.45) is 1.85. The van der Waals surface area contributed by atoms with Gasteiger partial charge >= 0.3 is 0 Å². The number of nitrogens with one attached hydrogen (secondary N) is 1. The van der Waals surface area contributed by atoms with Crippen LogP contribution in [0.25, 0.3) is 22.3 Å². The van der Waals surface area contributed by atoms with Crippen molar-refractivity contribution in [1.29, 1.82) is 5.26 Å². The maximum absolute atomic E-state index is 13.0. The Morgan fingerprint density at radius 3 is 2.54 bits per heavy atom. The zero-order valence-electron chi connectivity index (χ0n) is 19.6. The molecule has 1 N–H and O–H groups in total. The molecular weight excluding hydrogens is 578 g/mol. The summed E-state index contributed by atoms with van der Waals surface area (Å²) in [7, 11) is -1.46. The topological polar surface area (TPSA) is 103 Å². The Kier molecular flexibility index (Phi) is 6.99. The Labute approximate surface area is 228 Å². The molecule has 0 unspecified atom stereocenters. The zero-order chi connectivity index (χ0) is 26.3. The summed E-state index contributed by atoms with van der Waals surface area (Å²) >= 11 is 9.39. The molecule has 1 amide bonds. The lowest BCUT2D eigenvalue weighted by Crippen LogP contribution is -2.22. The number of amides is 1. The summed E-state index contributed by atoms with van der Waals surface area (Å²) in [5.74, 6) is 0.265. The molecule has 37 heavy (non-hydrogen) atoms. The number of hydrogen-bond donors (Lipinski definition) is 2. The van der Waals surface area contributed by atoms with E-state index in [1.807, 2.05) is 6.07 Å². The van der Waals surface area contributed by atoms with Gasteiger partial charge in [0.1, 0.15) is 17.4 Å². The maximum atomic E-state index is 13.0. The lowest BCUT2D eigenvalue weighted by molar-refractivity contribution is 0.0964. The van der Waals surface area contributed by atoms with Crippen LogP contribution in [0.3, 0.4) is 0 Å². The smallest absolute Gasteiger partial charge is 0.255 e. The monoisotopic (exact) mass is 597 g/mol. The van der Waals surface area contributed by atoms with Crippen LogP contribution in [0, 0.1) is 11.3 Å². The van der Waals surface area contributed by atoms with Crippen LogP contribution in [0.15, 0.2) is 63.5 Å². The fraction of sp³-hybridized carbons (Fsp3) is 0.185. The van der Waals surface area contributed by atoms with Crippen LogP contribution in [0.4, 0.5) is 5.69 Å². The third-order valence-electron chi connectivity index (χ3n) is 6.37. The Bertz CT molecular complexity index is 1650. The molecule has 1 aliphatic rings. The van der Waals surface area contributed by atoms with E-state index < -0.39 is 10.9 Å². The quantitative estimate of drug-likeness (QED) is 0.248. The first-order valence-corrected chi connectivity index (χ1v) is 13.8. The van der Waals surface area contributed by atoms with Gasteiger partial charge in [0.25, 0.3) is 5.91 Å². The minimum atomic E-state index is -3.01. The van der Waals surface area contributed by atoms with Crippen molar-refractivity contribution >= 4 is 61.0 Å². The lowest BCUT2D eigenvalue weighted by atomic mass is 10.00. The molecule has 0 spiro atoms. The number of thiol groups is 1. The number of benzene rings is 3. The van der Waals surface area contributed by atoms with Crippen molar-refractivity contribution in [2.24, 2.45) is 0 Å². The number of halogens is 2. The number of hydrogen-bond acceptors (Lipinski definition) is 5. The van der Waals surface area contributed by atoms with Gasteiger partial charge in [-0.05, 0) is 88.3 Å². The molecule has 0 radical (unpaired) electrons. The molecule has 0 aliphatic heterocycles. The van der Waals surface area contributed by atoms with E-state index >= 15 is 0 Å². The van der Waals surface area contributed by atoms with Gasteiger partial charge in [-0.3, -0.25) is 9.10 Å². The van der Waals surface area contributed by atoms with E-state index in [0.29, 0.717) is 54.2 Å². The number of carbonyl (C=O) groups is 1. The number of rotatable bonds is 7. The summed E-state index contributed by atoms with van der Waals surface area (Å²) in [6, 6.07) is 17.8. The molecule has 1 saturated carbocycles. The molecule has 4 aromatic rings. The molecule has 0 atom stereocenters. The van der Waals surface area contributed by atoms with Crippen molar-refractivity contribution in [3.63, 3.8) is 0 Å². The summed E-state index contributed by atoms with van der Waals surface area (Å²) in [6.45, 7) is 0.0545. The van der Waals surface area contributed by atoms with Crippen LogP contribution >= 0.6 is 27.5 Å². The van der Waals surface area contributed by atoms with E-state index in [0.717, 1.165) is 18.4 Å². The molecular formula is C27H21BrClN3O4S. The normalized spacial score (nSPS) is 13.1. The van der Waals surface area contributed by atoms with Gasteiger partial charge in [0, 0.05) is 33.6 Å². The molecule has 3 aromatic carbocycles. The van der Waals surface area contributed by atoms with Crippen molar-refractivity contribution < 1.29 is 17.6 Å². The minimum absolute atomic E-state index is 0.0545. The lowest BCUT2D eigenvalue weighted by Gasteiger charge is -2.21. The largest absolute Gasteiger partial charge is 0.455 e. The fourth-order valence-corrected chi connectivity index (χ4v) is 5.50. The first kappa shape index (κ1) is 25.3. The van der Waals surface area contributed by atoms with Gasteiger partial charge < -0.3 is 9.73 Å². The summed E-state index contributed by atoms with van der Waals surface area (Å²) in [5, 5.41) is 13.2. The molecule has 7 nitrogen and oxygen atoms in total. The van der Waals surface area contributed by atoms with Gasteiger partial charge in [0.05, 0.1) is 23.4 Å². The third-order valence-corrected chi connectivity index (χ3v) is 8.07. The summed E-state index contributed by atoms with van der Waals surface area (Å²) < 4.78 is 33.2. The van der Waals surface area contributed by atoms with Crippen LogP contribution in [-0.2, 0) is 17.4 Å². The SMILES string of the molecule is CNC(=O)c1c(-c2ccc(Cl)cc2)oc2cc(N(Cc3ccc(Br)c(C#N)c3)[SH](=O)=O)c(C3CC3)cc12. The second kappa shape index (κ2) is 10.2. The summed E-state index contributed by atoms with van der Waals surface area (Å²) in [5.41, 5.74) is 3.92. The number of anilines is 1. The van der Waals surface area contributed by atoms with Gasteiger partial charge in [0.15, 0.2) is 0 Å². The van der Waals surface area contributed by atoms with Crippen LogP contribution in [0.5, 0.6) is 0 Å². The number of carbonyl (C=O) groups excluding carboxylic acids is 1.